The molecule has 0 N–H and O–H groups in total. The lowest BCUT2D eigenvalue weighted by Gasteiger charge is -2.05. The summed E-state index contributed by atoms with van der Waals surface area (Å²) >= 11 is 0. The monoisotopic (exact) mass is 448 g/mol. The largest absolute Gasteiger partial charge is 0.466 e. The fraction of sp³-hybridized carbons (Fsp3) is 0.793. The molecule has 0 aromatic rings. The summed E-state index contributed by atoms with van der Waals surface area (Å²) in [7, 11) is 0. The molecule has 0 atom stereocenters. The van der Waals surface area contributed by atoms with E-state index in [1.54, 1.807) is 0 Å². The van der Waals surface area contributed by atoms with Crippen LogP contribution in [0.3, 0.4) is 0 Å². The predicted molar refractivity (Wildman–Crippen MR) is 138 cm³/mol. The molecular formula is C29H52O3. The molecule has 0 fully saturated rings. The molecular weight excluding hydrogens is 396 g/mol. The SMILES string of the molecule is CCCCC/C=C\C/C=C\CCCCCCCC(=O)OCCCCCCCCCCC=O. The molecule has 186 valence electrons. The molecule has 0 spiro atoms. The first-order chi connectivity index (χ1) is 15.8. The Kier molecular flexibility index (Phi) is 26.5. The van der Waals surface area contributed by atoms with Gasteiger partial charge in [0, 0.05) is 12.8 Å². The lowest BCUT2D eigenvalue weighted by atomic mass is 10.1. The zero-order valence-corrected chi connectivity index (χ0v) is 21.2. The average Bonchev–Trinajstić information content (AvgIpc) is 2.80. The van der Waals surface area contributed by atoms with Crippen LogP contribution in [0.5, 0.6) is 0 Å². The Bertz CT molecular complexity index is 453. The second kappa shape index (κ2) is 27.7. The van der Waals surface area contributed by atoms with Crippen LogP contribution in [0.25, 0.3) is 0 Å². The highest BCUT2D eigenvalue weighted by Gasteiger charge is 2.02. The minimum atomic E-state index is -0.0224. The van der Waals surface area contributed by atoms with E-state index in [2.05, 4.69) is 31.2 Å². The number of esters is 1. The normalized spacial score (nSPS) is 11.5. The van der Waals surface area contributed by atoms with E-state index < -0.39 is 0 Å². The molecule has 0 aliphatic carbocycles. The van der Waals surface area contributed by atoms with Crippen molar-refractivity contribution in [3.63, 3.8) is 0 Å². The Labute approximate surface area is 199 Å². The first-order valence-corrected chi connectivity index (χ1v) is 13.7. The molecule has 0 aromatic heterocycles. The van der Waals surface area contributed by atoms with Crippen LogP contribution in [-0.2, 0) is 14.3 Å². The van der Waals surface area contributed by atoms with Crippen molar-refractivity contribution in [2.24, 2.45) is 0 Å². The molecule has 0 saturated heterocycles. The number of hydrogen-bond acceptors (Lipinski definition) is 3. The smallest absolute Gasteiger partial charge is 0.305 e. The summed E-state index contributed by atoms with van der Waals surface area (Å²) in [4.78, 5) is 22.0. The highest BCUT2D eigenvalue weighted by atomic mass is 16.5. The number of carbonyl (C=O) groups excluding carboxylic acids is 2. The minimum absolute atomic E-state index is 0.0224. The van der Waals surface area contributed by atoms with Gasteiger partial charge in [0.15, 0.2) is 0 Å². The second-order valence-electron chi connectivity index (χ2n) is 8.98. The van der Waals surface area contributed by atoms with E-state index in [9.17, 15) is 9.59 Å². The van der Waals surface area contributed by atoms with Crippen molar-refractivity contribution >= 4 is 12.3 Å². The summed E-state index contributed by atoms with van der Waals surface area (Å²) in [6, 6.07) is 0. The second-order valence-corrected chi connectivity index (χ2v) is 8.98. The van der Waals surface area contributed by atoms with Crippen LogP contribution >= 0.6 is 0 Å². The lowest BCUT2D eigenvalue weighted by Crippen LogP contribution is -2.05. The van der Waals surface area contributed by atoms with Crippen LogP contribution in [0.1, 0.15) is 142 Å². The Morgan fingerprint density at radius 2 is 1.09 bits per heavy atom. The number of allylic oxidation sites excluding steroid dienone is 4. The van der Waals surface area contributed by atoms with Crippen LogP contribution < -0.4 is 0 Å². The van der Waals surface area contributed by atoms with Crippen molar-refractivity contribution in [1.29, 1.82) is 0 Å². The summed E-state index contributed by atoms with van der Waals surface area (Å²) < 4.78 is 5.35. The third-order valence-corrected chi connectivity index (χ3v) is 5.81. The van der Waals surface area contributed by atoms with Gasteiger partial charge in [0.05, 0.1) is 6.61 Å². The number of aldehydes is 1. The molecule has 0 amide bonds. The molecule has 0 radical (unpaired) electrons. The van der Waals surface area contributed by atoms with Crippen molar-refractivity contribution < 1.29 is 14.3 Å². The fourth-order valence-corrected chi connectivity index (χ4v) is 3.73. The molecule has 0 unspecified atom stereocenters. The van der Waals surface area contributed by atoms with Crippen molar-refractivity contribution in [1.82, 2.24) is 0 Å². The maximum Gasteiger partial charge on any atom is 0.305 e. The Morgan fingerprint density at radius 3 is 1.69 bits per heavy atom. The molecule has 0 bridgehead atoms. The van der Waals surface area contributed by atoms with Gasteiger partial charge in [-0.2, -0.15) is 0 Å². The van der Waals surface area contributed by atoms with Crippen molar-refractivity contribution in [3.05, 3.63) is 24.3 Å². The Balaban J connectivity index is 3.25. The van der Waals surface area contributed by atoms with Gasteiger partial charge in [-0.15, -0.1) is 0 Å². The topological polar surface area (TPSA) is 43.4 Å². The summed E-state index contributed by atoms with van der Waals surface area (Å²) in [5.41, 5.74) is 0. The summed E-state index contributed by atoms with van der Waals surface area (Å²) in [5, 5.41) is 0. The van der Waals surface area contributed by atoms with Gasteiger partial charge in [0.25, 0.3) is 0 Å². The van der Waals surface area contributed by atoms with E-state index >= 15 is 0 Å². The molecule has 0 saturated carbocycles. The van der Waals surface area contributed by atoms with Crippen LogP contribution in [-0.4, -0.2) is 18.9 Å². The van der Waals surface area contributed by atoms with Gasteiger partial charge in [-0.25, -0.2) is 0 Å². The standard InChI is InChI=1S/C29H52O3/c1-2-3-4-5-6-7-8-9-10-11-12-14-17-20-23-26-29(31)32-28-25-22-19-16-13-15-18-21-24-27-30/h6-7,9-10,27H,2-5,8,11-26,28H2,1H3/b7-6-,10-9-. The average molecular weight is 449 g/mol. The first-order valence-electron chi connectivity index (χ1n) is 13.7. The van der Waals surface area contributed by atoms with E-state index in [0.717, 1.165) is 44.8 Å². The summed E-state index contributed by atoms with van der Waals surface area (Å²) in [5.74, 6) is -0.0224. The highest BCUT2D eigenvalue weighted by Crippen LogP contribution is 2.11. The Morgan fingerprint density at radius 1 is 0.594 bits per heavy atom. The van der Waals surface area contributed by atoms with Gasteiger partial charge in [0.1, 0.15) is 6.29 Å². The first kappa shape index (κ1) is 30.6. The third kappa shape index (κ3) is 26.7. The number of carbonyl (C=O) groups is 2. The van der Waals surface area contributed by atoms with Crippen molar-refractivity contribution in [3.8, 4) is 0 Å². The molecule has 0 aromatic carbocycles. The van der Waals surface area contributed by atoms with Gasteiger partial charge in [-0.05, 0) is 51.4 Å². The van der Waals surface area contributed by atoms with Gasteiger partial charge in [-0.3, -0.25) is 4.79 Å². The summed E-state index contributed by atoms with van der Waals surface area (Å²) in [6.07, 6.45) is 34.0. The zero-order valence-electron chi connectivity index (χ0n) is 21.2. The number of rotatable bonds is 25. The summed E-state index contributed by atoms with van der Waals surface area (Å²) in [6.45, 7) is 2.83. The molecule has 0 aliphatic rings. The highest BCUT2D eigenvalue weighted by molar-refractivity contribution is 5.69. The Hall–Kier alpha value is -1.38. The molecule has 0 heterocycles. The maximum atomic E-state index is 11.8. The van der Waals surface area contributed by atoms with Gasteiger partial charge in [-0.1, -0.05) is 102 Å². The predicted octanol–water partition coefficient (Wildman–Crippen LogP) is 9.05. The number of unbranched alkanes of at least 4 members (excludes halogenated alkanes) is 16. The zero-order chi connectivity index (χ0) is 23.4. The van der Waals surface area contributed by atoms with Crippen molar-refractivity contribution in [2.45, 2.75) is 142 Å². The molecule has 3 nitrogen and oxygen atoms in total. The number of hydrogen-bond donors (Lipinski definition) is 0. The third-order valence-electron chi connectivity index (χ3n) is 5.81. The van der Waals surface area contributed by atoms with Gasteiger partial charge >= 0.3 is 5.97 Å². The van der Waals surface area contributed by atoms with Crippen LogP contribution in [0.15, 0.2) is 24.3 Å². The fourth-order valence-electron chi connectivity index (χ4n) is 3.73. The maximum absolute atomic E-state index is 11.8. The quantitative estimate of drug-likeness (QED) is 0.0605. The van der Waals surface area contributed by atoms with E-state index in [1.165, 1.54) is 83.5 Å². The molecule has 0 aliphatic heterocycles. The van der Waals surface area contributed by atoms with E-state index in [4.69, 9.17) is 4.74 Å². The molecule has 32 heavy (non-hydrogen) atoms. The van der Waals surface area contributed by atoms with E-state index in [0.29, 0.717) is 19.4 Å². The van der Waals surface area contributed by atoms with E-state index in [1.807, 2.05) is 0 Å². The van der Waals surface area contributed by atoms with Gasteiger partial charge in [0.2, 0.25) is 0 Å². The molecule has 3 heteroatoms. The minimum Gasteiger partial charge on any atom is -0.466 e. The van der Waals surface area contributed by atoms with Crippen LogP contribution in [0, 0.1) is 0 Å². The van der Waals surface area contributed by atoms with Crippen LogP contribution in [0.4, 0.5) is 0 Å². The van der Waals surface area contributed by atoms with Crippen molar-refractivity contribution in [2.75, 3.05) is 6.61 Å². The van der Waals surface area contributed by atoms with Gasteiger partial charge < -0.3 is 9.53 Å². The number of ether oxygens (including phenoxy) is 1. The lowest BCUT2D eigenvalue weighted by molar-refractivity contribution is -0.143. The van der Waals surface area contributed by atoms with E-state index in [-0.39, 0.29) is 5.97 Å². The molecule has 0 rings (SSSR count). The van der Waals surface area contributed by atoms with Crippen LogP contribution in [0.2, 0.25) is 0 Å².